The van der Waals surface area contributed by atoms with E-state index in [1.165, 1.54) is 12.5 Å². The number of carbonyl (C=O) groups is 4. The highest BCUT2D eigenvalue weighted by molar-refractivity contribution is 7.97. The number of benzene rings is 1. The maximum atomic E-state index is 12.6. The molecule has 10 heteroatoms. The average molecular weight is 587 g/mol. The van der Waals surface area contributed by atoms with Crippen LogP contribution in [0.5, 0.6) is 0 Å². The number of amides is 2. The molecule has 1 aromatic carbocycles. The van der Waals surface area contributed by atoms with Crippen LogP contribution in [0.2, 0.25) is 0 Å². The van der Waals surface area contributed by atoms with E-state index in [2.05, 4.69) is 22.5 Å². The molecule has 1 aliphatic carbocycles. The molecule has 2 amide bonds. The first kappa shape index (κ1) is 37.2. The van der Waals surface area contributed by atoms with E-state index in [-0.39, 0.29) is 5.91 Å². The number of primary amides is 1. The summed E-state index contributed by atoms with van der Waals surface area (Å²) in [4.78, 5) is 43.6. The Morgan fingerprint density at radius 1 is 1.24 bits per heavy atom. The van der Waals surface area contributed by atoms with Crippen molar-refractivity contribution >= 4 is 54.0 Å². The number of aromatic amines is 1. The van der Waals surface area contributed by atoms with Crippen LogP contribution in [0.25, 0.3) is 11.6 Å². The number of anilines is 1. The number of thioether (sulfide) groups is 1. The molecule has 1 aromatic heterocycles. The summed E-state index contributed by atoms with van der Waals surface area (Å²) in [7, 11) is 1.90. The number of likely N-dealkylation sites (N-methyl/N-ethyl adjacent to an activating group) is 1. The molecule has 41 heavy (non-hydrogen) atoms. The number of hydrogen-bond donors (Lipinski definition) is 4. The molecule has 2 heterocycles. The Kier molecular flexibility index (Phi) is 17.6. The molecule has 1 aliphatic heterocycles. The summed E-state index contributed by atoms with van der Waals surface area (Å²) in [6.45, 7) is 11.1. The first-order chi connectivity index (χ1) is 19.4. The van der Waals surface area contributed by atoms with Crippen LogP contribution < -0.4 is 16.4 Å². The van der Waals surface area contributed by atoms with Crippen LogP contribution in [0.4, 0.5) is 10.1 Å². The zero-order valence-electron chi connectivity index (χ0n) is 25.2. The zero-order valence-corrected chi connectivity index (χ0v) is 26.0. The second kappa shape index (κ2) is 19.3. The second-order valence-electron chi connectivity index (χ2n) is 9.06. The molecule has 2 aromatic rings. The predicted octanol–water partition coefficient (Wildman–Crippen LogP) is 5.35. The van der Waals surface area contributed by atoms with Crippen LogP contribution >= 0.6 is 11.8 Å². The number of fused-ring (bicyclic) bond motifs is 1. The van der Waals surface area contributed by atoms with Crippen molar-refractivity contribution < 1.29 is 23.6 Å². The SMILES string of the molecule is C=O.CC=O.CNC(C)C1=CCC(F)C=C1.CSC.Cc1ccc2c(c1)/C(=C/c1[nH]c(C)c(C(N)=O)c1C)C(=O)N2. The maximum Gasteiger partial charge on any atom is 0.256 e. The van der Waals surface area contributed by atoms with Crippen molar-refractivity contribution in [3.63, 3.8) is 0 Å². The van der Waals surface area contributed by atoms with Crippen molar-refractivity contribution in [1.82, 2.24) is 10.3 Å². The number of carbonyl (C=O) groups excluding carboxylic acids is 4. The topological polar surface area (TPSA) is 134 Å². The summed E-state index contributed by atoms with van der Waals surface area (Å²) in [5, 5.41) is 5.95. The molecule has 2 aliphatic rings. The summed E-state index contributed by atoms with van der Waals surface area (Å²) < 4.78 is 12.6. The molecular formula is C31H43FN4O4S. The van der Waals surface area contributed by atoms with Gasteiger partial charge in [-0.2, -0.15) is 11.8 Å². The number of nitrogens with one attached hydrogen (secondary N) is 3. The van der Waals surface area contributed by atoms with Crippen LogP contribution in [0.15, 0.2) is 42.0 Å². The molecule has 5 N–H and O–H groups in total. The van der Waals surface area contributed by atoms with E-state index in [1.54, 1.807) is 30.8 Å². The molecule has 4 rings (SSSR count). The van der Waals surface area contributed by atoms with Gasteiger partial charge in [0, 0.05) is 35.1 Å². The third-order valence-electron chi connectivity index (χ3n) is 5.98. The Labute approximate surface area is 247 Å². The van der Waals surface area contributed by atoms with Crippen LogP contribution in [0.1, 0.15) is 58.7 Å². The molecule has 2 unspecified atom stereocenters. The van der Waals surface area contributed by atoms with Gasteiger partial charge in [-0.25, -0.2) is 4.39 Å². The molecule has 0 spiro atoms. The number of aryl methyl sites for hydroxylation is 2. The summed E-state index contributed by atoms with van der Waals surface area (Å²) >= 11 is 1.75. The molecule has 0 radical (unpaired) electrons. The van der Waals surface area contributed by atoms with Gasteiger partial charge in [-0.1, -0.05) is 29.9 Å². The van der Waals surface area contributed by atoms with E-state index in [9.17, 15) is 14.0 Å². The van der Waals surface area contributed by atoms with Crippen molar-refractivity contribution in [2.24, 2.45) is 5.73 Å². The third-order valence-corrected chi connectivity index (χ3v) is 5.98. The number of aldehydes is 1. The summed E-state index contributed by atoms with van der Waals surface area (Å²) in [5.74, 6) is -0.615. The van der Waals surface area contributed by atoms with Crippen LogP contribution in [-0.4, -0.2) is 61.6 Å². The molecule has 0 bridgehead atoms. The highest BCUT2D eigenvalue weighted by atomic mass is 32.2. The lowest BCUT2D eigenvalue weighted by Gasteiger charge is -2.15. The molecule has 224 valence electrons. The summed E-state index contributed by atoms with van der Waals surface area (Å²) in [5.41, 5.74) is 12.6. The van der Waals surface area contributed by atoms with Crippen molar-refractivity contribution in [2.75, 3.05) is 24.9 Å². The number of aromatic nitrogens is 1. The Bertz CT molecular complexity index is 1270. The maximum absolute atomic E-state index is 12.6. The quantitative estimate of drug-likeness (QED) is 0.282. The van der Waals surface area contributed by atoms with Gasteiger partial charge in [-0.3, -0.25) is 9.59 Å². The van der Waals surface area contributed by atoms with Crippen molar-refractivity contribution in [3.8, 4) is 0 Å². The molecule has 8 nitrogen and oxygen atoms in total. The number of allylic oxidation sites excluding steroid dienone is 2. The molecule has 2 atom stereocenters. The Morgan fingerprint density at radius 3 is 2.29 bits per heavy atom. The Hall–Kier alpha value is -3.76. The van der Waals surface area contributed by atoms with Gasteiger partial charge in [0.25, 0.3) is 11.8 Å². The molecule has 0 saturated carbocycles. The Balaban J connectivity index is 0.000000704. The van der Waals surface area contributed by atoms with Crippen molar-refractivity contribution in [1.29, 1.82) is 0 Å². The first-order valence-corrected chi connectivity index (χ1v) is 14.5. The van der Waals surface area contributed by atoms with Crippen LogP contribution in [-0.2, 0) is 14.4 Å². The lowest BCUT2D eigenvalue weighted by atomic mass is 10.0. The van der Waals surface area contributed by atoms with E-state index < -0.39 is 12.1 Å². The number of nitrogens with two attached hydrogens (primary N) is 1. The largest absolute Gasteiger partial charge is 0.366 e. The average Bonchev–Trinajstić information content (AvgIpc) is 3.40. The minimum atomic E-state index is -0.775. The zero-order chi connectivity index (χ0) is 31.7. The fraction of sp³-hybridized carbons (Fsp3) is 0.355. The molecule has 0 fully saturated rings. The number of hydrogen-bond acceptors (Lipinski definition) is 6. The van der Waals surface area contributed by atoms with E-state index in [1.807, 2.05) is 70.5 Å². The minimum Gasteiger partial charge on any atom is -0.366 e. The number of H-pyrrole nitrogens is 1. The Morgan fingerprint density at radius 2 is 1.83 bits per heavy atom. The van der Waals surface area contributed by atoms with Gasteiger partial charge >= 0.3 is 0 Å². The summed E-state index contributed by atoms with van der Waals surface area (Å²) in [6, 6.07) is 6.15. The van der Waals surface area contributed by atoms with E-state index >= 15 is 0 Å². The van der Waals surface area contributed by atoms with Gasteiger partial charge in [0.15, 0.2) is 0 Å². The minimum absolute atomic E-state index is 0.145. The van der Waals surface area contributed by atoms with Crippen molar-refractivity contribution in [2.45, 2.75) is 53.3 Å². The van der Waals surface area contributed by atoms with Gasteiger partial charge in [0.2, 0.25) is 0 Å². The van der Waals surface area contributed by atoms with E-state index in [4.69, 9.17) is 15.3 Å². The number of rotatable bonds is 4. The summed E-state index contributed by atoms with van der Waals surface area (Å²) in [6.07, 6.45) is 11.8. The molecule has 0 saturated heterocycles. The van der Waals surface area contributed by atoms with E-state index in [0.29, 0.717) is 29.3 Å². The van der Waals surface area contributed by atoms with Gasteiger partial charge in [-0.05, 0) is 83.5 Å². The van der Waals surface area contributed by atoms with Crippen molar-refractivity contribution in [3.05, 3.63) is 75.6 Å². The third kappa shape index (κ3) is 11.3. The highest BCUT2D eigenvalue weighted by Gasteiger charge is 2.25. The second-order valence-corrected chi connectivity index (χ2v) is 9.87. The van der Waals surface area contributed by atoms with Gasteiger partial charge in [-0.15, -0.1) is 0 Å². The highest BCUT2D eigenvalue weighted by Crippen LogP contribution is 2.34. The van der Waals surface area contributed by atoms with Gasteiger partial charge in [0.1, 0.15) is 19.2 Å². The van der Waals surface area contributed by atoms with Gasteiger partial charge in [0.05, 0.1) is 11.1 Å². The smallest absolute Gasteiger partial charge is 0.256 e. The number of alkyl halides is 1. The lowest BCUT2D eigenvalue weighted by molar-refractivity contribution is -0.110. The fourth-order valence-electron chi connectivity index (χ4n) is 3.98. The number of halogens is 1. The van der Waals surface area contributed by atoms with Crippen LogP contribution in [0.3, 0.4) is 0 Å². The fourth-order valence-corrected chi connectivity index (χ4v) is 3.98. The van der Waals surface area contributed by atoms with Gasteiger partial charge < -0.3 is 30.9 Å². The standard InChI is InChI=1S/C17H17N3O2.C9H14FN.C2H4O.C2H6S.CH2O/c1-8-4-5-13-11(6-8)12(17(22)20-13)7-14-9(2)15(16(18)21)10(3)19-14;1-7(11-2)8-3-5-9(10)6-4-8;1-2-3;1-3-2;1-2/h4-7,19H,1-3H3,(H2,18,21)(H,20,22);3-5,7,9,11H,6H2,1-2H3;2H,1H3;1-2H3;1H2/b12-7-;;;;. The normalized spacial score (nSPS) is 16.0. The first-order valence-electron chi connectivity index (χ1n) is 12.9. The lowest BCUT2D eigenvalue weighted by Crippen LogP contribution is -2.23. The van der Waals surface area contributed by atoms with Crippen LogP contribution in [0, 0.1) is 20.8 Å². The monoisotopic (exact) mass is 586 g/mol. The molecular weight excluding hydrogens is 543 g/mol. The predicted molar refractivity (Wildman–Crippen MR) is 170 cm³/mol. The van der Waals surface area contributed by atoms with E-state index in [0.717, 1.165) is 34.4 Å².